The van der Waals surface area contributed by atoms with Crippen LogP contribution in [0.25, 0.3) is 11.3 Å². The number of hydrogen-bond acceptors (Lipinski definition) is 4. The van der Waals surface area contributed by atoms with Crippen LogP contribution in [0.3, 0.4) is 0 Å². The molecule has 4 nitrogen and oxygen atoms in total. The van der Waals surface area contributed by atoms with Gasteiger partial charge in [-0.15, -0.1) is 0 Å². The summed E-state index contributed by atoms with van der Waals surface area (Å²) in [5, 5.41) is 0. The Kier molecular flexibility index (Phi) is 2.87. The molecule has 1 aromatic carbocycles. The van der Waals surface area contributed by atoms with E-state index in [0.717, 1.165) is 0 Å². The van der Waals surface area contributed by atoms with E-state index in [4.69, 9.17) is 14.9 Å². The van der Waals surface area contributed by atoms with E-state index in [1.54, 1.807) is 12.1 Å². The number of ether oxygens (including phenoxy) is 1. The van der Waals surface area contributed by atoms with Crippen LogP contribution in [0.5, 0.6) is 5.75 Å². The maximum absolute atomic E-state index is 13.7. The van der Waals surface area contributed by atoms with Gasteiger partial charge in [0.1, 0.15) is 17.3 Å². The Hall–Kier alpha value is -1.88. The number of rotatable bonds is 3. The highest BCUT2D eigenvalue weighted by Crippen LogP contribution is 2.28. The minimum Gasteiger partial charge on any atom is -0.497 e. The van der Waals surface area contributed by atoms with Crippen LogP contribution in [-0.2, 0) is 6.54 Å². The van der Waals surface area contributed by atoms with Crippen molar-refractivity contribution in [2.45, 2.75) is 6.54 Å². The van der Waals surface area contributed by atoms with Gasteiger partial charge in [0.25, 0.3) is 0 Å². The van der Waals surface area contributed by atoms with Crippen LogP contribution in [0.4, 0.5) is 4.39 Å². The van der Waals surface area contributed by atoms with Crippen LogP contribution in [-0.4, -0.2) is 12.1 Å². The minimum absolute atomic E-state index is 0.206. The SMILES string of the molecule is COc1ccc(-c2ocnc2CN)c(F)c1. The topological polar surface area (TPSA) is 61.3 Å². The summed E-state index contributed by atoms with van der Waals surface area (Å²) in [6.07, 6.45) is 1.25. The van der Waals surface area contributed by atoms with Gasteiger partial charge in [-0.05, 0) is 12.1 Å². The highest BCUT2D eigenvalue weighted by Gasteiger charge is 2.14. The van der Waals surface area contributed by atoms with Crippen molar-refractivity contribution in [3.63, 3.8) is 0 Å². The molecular weight excluding hydrogens is 211 g/mol. The number of aromatic nitrogens is 1. The van der Waals surface area contributed by atoms with Gasteiger partial charge < -0.3 is 14.9 Å². The lowest BCUT2D eigenvalue weighted by atomic mass is 10.1. The monoisotopic (exact) mass is 222 g/mol. The van der Waals surface area contributed by atoms with Crippen molar-refractivity contribution in [2.75, 3.05) is 7.11 Å². The van der Waals surface area contributed by atoms with Crippen molar-refractivity contribution in [3.05, 3.63) is 36.1 Å². The Bertz CT molecular complexity index is 496. The van der Waals surface area contributed by atoms with Gasteiger partial charge >= 0.3 is 0 Å². The summed E-state index contributed by atoms with van der Waals surface area (Å²) < 4.78 is 23.7. The molecule has 16 heavy (non-hydrogen) atoms. The molecule has 0 atom stereocenters. The van der Waals surface area contributed by atoms with Crippen LogP contribution < -0.4 is 10.5 Å². The minimum atomic E-state index is -0.425. The molecule has 0 spiro atoms. The van der Waals surface area contributed by atoms with Crippen LogP contribution in [0.15, 0.2) is 29.0 Å². The number of nitrogens with two attached hydrogens (primary N) is 1. The molecule has 2 N–H and O–H groups in total. The normalized spacial score (nSPS) is 10.4. The quantitative estimate of drug-likeness (QED) is 0.862. The number of halogens is 1. The maximum atomic E-state index is 13.7. The fourth-order valence-electron chi connectivity index (χ4n) is 1.44. The molecule has 0 aliphatic heterocycles. The first-order chi connectivity index (χ1) is 7.76. The van der Waals surface area contributed by atoms with E-state index in [1.807, 2.05) is 0 Å². The lowest BCUT2D eigenvalue weighted by Crippen LogP contribution is -1.99. The highest BCUT2D eigenvalue weighted by atomic mass is 19.1. The van der Waals surface area contributed by atoms with E-state index in [-0.39, 0.29) is 6.54 Å². The lowest BCUT2D eigenvalue weighted by Gasteiger charge is -2.04. The Morgan fingerprint density at radius 1 is 1.50 bits per heavy atom. The molecule has 5 heteroatoms. The molecule has 2 aromatic rings. The molecule has 0 aliphatic carbocycles. The molecule has 0 unspecified atom stereocenters. The van der Waals surface area contributed by atoms with Gasteiger partial charge in [0.15, 0.2) is 12.2 Å². The summed E-state index contributed by atoms with van der Waals surface area (Å²) in [6.45, 7) is 0.206. The number of hydrogen-bond donors (Lipinski definition) is 1. The molecule has 0 saturated carbocycles. The van der Waals surface area contributed by atoms with Gasteiger partial charge in [-0.3, -0.25) is 0 Å². The van der Waals surface area contributed by atoms with Crippen LogP contribution >= 0.6 is 0 Å². The number of nitrogens with zero attached hydrogens (tertiary/aromatic N) is 1. The third kappa shape index (κ3) is 1.77. The number of benzene rings is 1. The van der Waals surface area contributed by atoms with E-state index < -0.39 is 5.82 Å². The second kappa shape index (κ2) is 4.32. The smallest absolute Gasteiger partial charge is 0.181 e. The Morgan fingerprint density at radius 3 is 2.94 bits per heavy atom. The number of methoxy groups -OCH3 is 1. The van der Waals surface area contributed by atoms with Crippen molar-refractivity contribution in [2.24, 2.45) is 5.73 Å². The van der Waals surface area contributed by atoms with Gasteiger partial charge in [0.05, 0.1) is 12.7 Å². The largest absolute Gasteiger partial charge is 0.497 e. The van der Waals surface area contributed by atoms with Gasteiger partial charge in [0.2, 0.25) is 0 Å². The van der Waals surface area contributed by atoms with Crippen molar-refractivity contribution >= 4 is 0 Å². The van der Waals surface area contributed by atoms with Gasteiger partial charge in [0, 0.05) is 12.6 Å². The zero-order chi connectivity index (χ0) is 11.5. The Morgan fingerprint density at radius 2 is 2.31 bits per heavy atom. The van der Waals surface area contributed by atoms with Crippen molar-refractivity contribution in [1.29, 1.82) is 0 Å². The van der Waals surface area contributed by atoms with Crippen LogP contribution in [0.1, 0.15) is 5.69 Å². The number of oxazole rings is 1. The molecule has 0 aliphatic rings. The van der Waals surface area contributed by atoms with E-state index in [2.05, 4.69) is 4.98 Å². The average molecular weight is 222 g/mol. The summed E-state index contributed by atoms with van der Waals surface area (Å²) in [6, 6.07) is 4.52. The van der Waals surface area contributed by atoms with Gasteiger partial charge in [-0.2, -0.15) is 0 Å². The summed E-state index contributed by atoms with van der Waals surface area (Å²) >= 11 is 0. The first-order valence-electron chi connectivity index (χ1n) is 4.72. The van der Waals surface area contributed by atoms with E-state index in [9.17, 15) is 4.39 Å². The molecular formula is C11H11FN2O2. The summed E-state index contributed by atoms with van der Waals surface area (Å²) in [5.41, 5.74) is 6.33. The third-order valence-electron chi connectivity index (χ3n) is 2.26. The fraction of sp³-hybridized carbons (Fsp3) is 0.182. The average Bonchev–Trinajstić information content (AvgIpc) is 2.76. The van der Waals surface area contributed by atoms with Gasteiger partial charge in [-0.25, -0.2) is 9.37 Å². The van der Waals surface area contributed by atoms with Crippen molar-refractivity contribution < 1.29 is 13.5 Å². The first kappa shape index (κ1) is 10.6. The third-order valence-corrected chi connectivity index (χ3v) is 2.26. The fourth-order valence-corrected chi connectivity index (χ4v) is 1.44. The second-order valence-electron chi connectivity index (χ2n) is 3.18. The van der Waals surface area contributed by atoms with Crippen LogP contribution in [0.2, 0.25) is 0 Å². The zero-order valence-electron chi connectivity index (χ0n) is 8.74. The second-order valence-corrected chi connectivity index (χ2v) is 3.18. The highest BCUT2D eigenvalue weighted by molar-refractivity contribution is 5.61. The van der Waals surface area contributed by atoms with Crippen molar-refractivity contribution in [3.8, 4) is 17.1 Å². The van der Waals surface area contributed by atoms with E-state index in [1.165, 1.54) is 19.6 Å². The summed E-state index contributed by atoms with van der Waals surface area (Å²) in [5.74, 6) is 0.392. The molecule has 0 saturated heterocycles. The summed E-state index contributed by atoms with van der Waals surface area (Å²) in [7, 11) is 1.48. The molecule has 0 bridgehead atoms. The summed E-state index contributed by atoms with van der Waals surface area (Å²) in [4.78, 5) is 3.91. The Balaban J connectivity index is 2.48. The van der Waals surface area contributed by atoms with Crippen LogP contribution in [0, 0.1) is 5.82 Å². The molecule has 0 radical (unpaired) electrons. The van der Waals surface area contributed by atoms with Crippen molar-refractivity contribution in [1.82, 2.24) is 4.98 Å². The Labute approximate surface area is 91.9 Å². The molecule has 0 fully saturated rings. The van der Waals surface area contributed by atoms with Gasteiger partial charge in [-0.1, -0.05) is 0 Å². The van der Waals surface area contributed by atoms with E-state index in [0.29, 0.717) is 22.8 Å². The molecule has 1 heterocycles. The standard InChI is InChI=1S/C11H11FN2O2/c1-15-7-2-3-8(9(12)4-7)11-10(5-13)14-6-16-11/h2-4,6H,5,13H2,1H3. The predicted octanol–water partition coefficient (Wildman–Crippen LogP) is 1.95. The molecule has 84 valence electrons. The maximum Gasteiger partial charge on any atom is 0.181 e. The predicted molar refractivity (Wildman–Crippen MR) is 56.3 cm³/mol. The molecule has 1 aromatic heterocycles. The molecule has 2 rings (SSSR count). The van der Waals surface area contributed by atoms with E-state index >= 15 is 0 Å². The first-order valence-corrected chi connectivity index (χ1v) is 4.72. The molecule has 0 amide bonds. The zero-order valence-corrected chi connectivity index (χ0v) is 8.74. The lowest BCUT2D eigenvalue weighted by molar-refractivity contribution is 0.411.